The molecule has 0 fully saturated rings. The van der Waals surface area contributed by atoms with Crippen molar-refractivity contribution in [2.75, 3.05) is 13.2 Å². The Balaban J connectivity index is 2.12. The first-order valence-corrected chi connectivity index (χ1v) is 4.85. The minimum absolute atomic E-state index is 0.847. The molecule has 1 aromatic rings. The second kappa shape index (κ2) is 3.79. The van der Waals surface area contributed by atoms with Gasteiger partial charge in [0.15, 0.2) is 0 Å². The van der Waals surface area contributed by atoms with Gasteiger partial charge in [0.1, 0.15) is 5.75 Å². The van der Waals surface area contributed by atoms with Crippen LogP contribution < -0.4 is 10.1 Å². The summed E-state index contributed by atoms with van der Waals surface area (Å²) in [5.74, 6) is 1.07. The molecule has 0 atom stereocenters. The molecule has 0 saturated heterocycles. The van der Waals surface area contributed by atoms with Crippen LogP contribution in [0.15, 0.2) is 18.2 Å². The van der Waals surface area contributed by atoms with Crippen molar-refractivity contribution in [2.24, 2.45) is 0 Å². The topological polar surface area (TPSA) is 21.3 Å². The molecule has 1 aliphatic rings. The largest absolute Gasteiger partial charge is 0.493 e. The molecule has 2 rings (SSSR count). The molecule has 1 aliphatic heterocycles. The smallest absolute Gasteiger partial charge is 0.122 e. The molecule has 13 heavy (non-hydrogen) atoms. The van der Waals surface area contributed by atoms with Crippen LogP contribution in [0.5, 0.6) is 5.75 Å². The van der Waals surface area contributed by atoms with Gasteiger partial charge in [0, 0.05) is 13.0 Å². The molecule has 0 spiro atoms. The Morgan fingerprint density at radius 2 is 2.38 bits per heavy atom. The van der Waals surface area contributed by atoms with E-state index in [-0.39, 0.29) is 0 Å². The van der Waals surface area contributed by atoms with Crippen molar-refractivity contribution in [1.82, 2.24) is 5.32 Å². The van der Waals surface area contributed by atoms with E-state index in [9.17, 15) is 0 Å². The van der Waals surface area contributed by atoms with E-state index in [0.29, 0.717) is 0 Å². The lowest BCUT2D eigenvalue weighted by atomic mass is 10.1. The van der Waals surface area contributed by atoms with Crippen molar-refractivity contribution in [3.8, 4) is 5.75 Å². The van der Waals surface area contributed by atoms with Crippen LogP contribution in [0.25, 0.3) is 0 Å². The van der Waals surface area contributed by atoms with Crippen molar-refractivity contribution in [3.05, 3.63) is 29.3 Å². The highest BCUT2D eigenvalue weighted by Crippen LogP contribution is 2.25. The van der Waals surface area contributed by atoms with Crippen LogP contribution in [0.4, 0.5) is 0 Å². The van der Waals surface area contributed by atoms with Crippen molar-refractivity contribution in [3.63, 3.8) is 0 Å². The quantitative estimate of drug-likeness (QED) is 0.759. The predicted octanol–water partition coefficient (Wildman–Crippen LogP) is 1.73. The number of hydrogen-bond donors (Lipinski definition) is 1. The minimum Gasteiger partial charge on any atom is -0.493 e. The highest BCUT2D eigenvalue weighted by atomic mass is 16.5. The van der Waals surface area contributed by atoms with Crippen LogP contribution in [0.1, 0.15) is 18.1 Å². The molecule has 70 valence electrons. The molecule has 2 nitrogen and oxygen atoms in total. The Kier molecular flexibility index (Phi) is 2.50. The third kappa shape index (κ3) is 1.83. The van der Waals surface area contributed by atoms with Crippen molar-refractivity contribution in [2.45, 2.75) is 19.9 Å². The van der Waals surface area contributed by atoms with Gasteiger partial charge in [-0.3, -0.25) is 0 Å². The first-order valence-electron chi connectivity index (χ1n) is 4.85. The minimum atomic E-state index is 0.847. The first-order chi connectivity index (χ1) is 6.40. The van der Waals surface area contributed by atoms with Gasteiger partial charge in [-0.1, -0.05) is 19.1 Å². The van der Waals surface area contributed by atoms with Gasteiger partial charge in [0.25, 0.3) is 0 Å². The molecule has 1 N–H and O–H groups in total. The molecule has 1 heterocycles. The number of fused-ring (bicyclic) bond motifs is 1. The molecular weight excluding hydrogens is 162 g/mol. The summed E-state index contributed by atoms with van der Waals surface area (Å²) >= 11 is 0. The van der Waals surface area contributed by atoms with Crippen LogP contribution in [0.2, 0.25) is 0 Å². The van der Waals surface area contributed by atoms with E-state index in [0.717, 1.165) is 31.9 Å². The summed E-state index contributed by atoms with van der Waals surface area (Å²) in [6.07, 6.45) is 1.06. The fourth-order valence-corrected chi connectivity index (χ4v) is 1.62. The maximum absolute atomic E-state index is 5.44. The highest BCUT2D eigenvalue weighted by Gasteiger charge is 2.11. The van der Waals surface area contributed by atoms with Crippen LogP contribution in [0, 0.1) is 0 Å². The molecule has 0 bridgehead atoms. The fourth-order valence-electron chi connectivity index (χ4n) is 1.62. The van der Waals surface area contributed by atoms with Gasteiger partial charge in [0.05, 0.1) is 6.61 Å². The summed E-state index contributed by atoms with van der Waals surface area (Å²) in [5.41, 5.74) is 2.71. The van der Waals surface area contributed by atoms with Crippen LogP contribution in [0.3, 0.4) is 0 Å². The van der Waals surface area contributed by atoms with Gasteiger partial charge in [-0.25, -0.2) is 0 Å². The Morgan fingerprint density at radius 3 is 3.23 bits per heavy atom. The summed E-state index contributed by atoms with van der Waals surface area (Å²) < 4.78 is 5.44. The lowest BCUT2D eigenvalue weighted by Gasteiger charge is -2.04. The SMILES string of the molecule is CCNCc1ccc2c(c1)CCO2. The van der Waals surface area contributed by atoms with E-state index in [1.807, 2.05) is 0 Å². The number of nitrogens with one attached hydrogen (secondary N) is 1. The van der Waals surface area contributed by atoms with Crippen molar-refractivity contribution < 1.29 is 4.74 Å². The molecule has 0 unspecified atom stereocenters. The number of hydrogen-bond acceptors (Lipinski definition) is 2. The molecule has 0 aromatic heterocycles. The summed E-state index contributed by atoms with van der Waals surface area (Å²) in [6, 6.07) is 6.45. The maximum atomic E-state index is 5.44. The molecule has 0 radical (unpaired) electrons. The Labute approximate surface area is 78.9 Å². The van der Waals surface area contributed by atoms with E-state index in [1.54, 1.807) is 0 Å². The zero-order valence-corrected chi connectivity index (χ0v) is 7.97. The second-order valence-electron chi connectivity index (χ2n) is 3.32. The number of benzene rings is 1. The second-order valence-corrected chi connectivity index (χ2v) is 3.32. The lowest BCUT2D eigenvalue weighted by molar-refractivity contribution is 0.357. The Morgan fingerprint density at radius 1 is 1.46 bits per heavy atom. The van der Waals surface area contributed by atoms with Crippen molar-refractivity contribution >= 4 is 0 Å². The third-order valence-electron chi connectivity index (χ3n) is 2.33. The molecule has 2 heteroatoms. The molecule has 0 aliphatic carbocycles. The average molecular weight is 177 g/mol. The van der Waals surface area contributed by atoms with Gasteiger partial charge in [0.2, 0.25) is 0 Å². The zero-order chi connectivity index (χ0) is 9.10. The van der Waals surface area contributed by atoms with E-state index in [4.69, 9.17) is 4.74 Å². The van der Waals surface area contributed by atoms with Gasteiger partial charge < -0.3 is 10.1 Å². The summed E-state index contributed by atoms with van der Waals surface area (Å²) in [6.45, 7) is 4.95. The number of ether oxygens (including phenoxy) is 1. The summed E-state index contributed by atoms with van der Waals surface area (Å²) in [5, 5.41) is 3.31. The maximum Gasteiger partial charge on any atom is 0.122 e. The van der Waals surface area contributed by atoms with E-state index in [1.165, 1.54) is 11.1 Å². The average Bonchev–Trinajstić information content (AvgIpc) is 2.61. The first kappa shape index (κ1) is 8.57. The van der Waals surface area contributed by atoms with Gasteiger partial charge in [-0.15, -0.1) is 0 Å². The number of rotatable bonds is 3. The van der Waals surface area contributed by atoms with Gasteiger partial charge >= 0.3 is 0 Å². The summed E-state index contributed by atoms with van der Waals surface area (Å²) in [7, 11) is 0. The molecule has 0 amide bonds. The predicted molar refractivity (Wildman–Crippen MR) is 53.0 cm³/mol. The molecular formula is C11H15NO. The lowest BCUT2D eigenvalue weighted by Crippen LogP contribution is -2.11. The van der Waals surface area contributed by atoms with Crippen LogP contribution in [-0.4, -0.2) is 13.2 Å². The van der Waals surface area contributed by atoms with E-state index < -0.39 is 0 Å². The van der Waals surface area contributed by atoms with E-state index >= 15 is 0 Å². The summed E-state index contributed by atoms with van der Waals surface area (Å²) in [4.78, 5) is 0. The monoisotopic (exact) mass is 177 g/mol. The fraction of sp³-hybridized carbons (Fsp3) is 0.455. The zero-order valence-electron chi connectivity index (χ0n) is 7.97. The highest BCUT2D eigenvalue weighted by molar-refractivity contribution is 5.39. The van der Waals surface area contributed by atoms with Crippen molar-refractivity contribution in [1.29, 1.82) is 0 Å². The van der Waals surface area contributed by atoms with E-state index in [2.05, 4.69) is 30.4 Å². The normalized spacial score (nSPS) is 13.9. The van der Waals surface area contributed by atoms with Crippen LogP contribution in [-0.2, 0) is 13.0 Å². The van der Waals surface area contributed by atoms with Gasteiger partial charge in [-0.05, 0) is 23.7 Å². The standard InChI is InChI=1S/C11H15NO/c1-2-12-8-9-3-4-11-10(7-9)5-6-13-11/h3-4,7,12H,2,5-6,8H2,1H3. The molecule has 0 saturated carbocycles. The van der Waals surface area contributed by atoms with Gasteiger partial charge in [-0.2, -0.15) is 0 Å². The molecule has 1 aromatic carbocycles. The Bertz CT molecular complexity index is 296. The third-order valence-corrected chi connectivity index (χ3v) is 2.33. The van der Waals surface area contributed by atoms with Crippen LogP contribution >= 0.6 is 0 Å². The Hall–Kier alpha value is -1.02.